The maximum atomic E-state index is 13.3. The average Bonchev–Trinajstić information content (AvgIpc) is 2.84. The Morgan fingerprint density at radius 2 is 2.00 bits per heavy atom. The Morgan fingerprint density at radius 3 is 2.38 bits per heavy atom. The van der Waals surface area contributed by atoms with Crippen molar-refractivity contribution in [3.05, 3.63) is 0 Å². The van der Waals surface area contributed by atoms with Crippen LogP contribution in [0.2, 0.25) is 0 Å². The van der Waals surface area contributed by atoms with Crippen LogP contribution in [0.3, 0.4) is 0 Å². The molecule has 0 radical (unpaired) electrons. The molecule has 0 bridgehead atoms. The van der Waals surface area contributed by atoms with Gasteiger partial charge in [0.05, 0.1) is 6.54 Å². The molecule has 122 valence electrons. The van der Waals surface area contributed by atoms with Gasteiger partial charge in [-0.25, -0.2) is 0 Å². The van der Waals surface area contributed by atoms with Crippen LogP contribution < -0.4 is 10.6 Å². The van der Waals surface area contributed by atoms with E-state index in [1.165, 1.54) is 0 Å². The maximum absolute atomic E-state index is 13.3. The third-order valence-electron chi connectivity index (χ3n) is 3.56. The number of likely N-dealkylation sites (N-methyl/N-ethyl adjacent to an activating group) is 1. The van der Waals surface area contributed by atoms with E-state index in [1.54, 1.807) is 20.8 Å². The van der Waals surface area contributed by atoms with E-state index in [-0.39, 0.29) is 32.1 Å². The van der Waals surface area contributed by atoms with E-state index in [0.717, 1.165) is 4.90 Å². The van der Waals surface area contributed by atoms with Crippen LogP contribution in [0.4, 0.5) is 13.2 Å². The van der Waals surface area contributed by atoms with Crippen molar-refractivity contribution in [2.75, 3.05) is 26.2 Å². The number of carbonyl (C=O) groups excluding carboxylic acids is 2. The summed E-state index contributed by atoms with van der Waals surface area (Å²) in [5.41, 5.74) is -2.42. The molecule has 1 heterocycles. The molecule has 2 amide bonds. The lowest BCUT2D eigenvalue weighted by Crippen LogP contribution is -2.55. The molecule has 8 heteroatoms. The molecule has 0 aliphatic carbocycles. The van der Waals surface area contributed by atoms with Crippen molar-refractivity contribution in [3.63, 3.8) is 0 Å². The number of carbonyl (C=O) groups is 2. The van der Waals surface area contributed by atoms with Crippen LogP contribution in [-0.4, -0.2) is 55.1 Å². The predicted molar refractivity (Wildman–Crippen MR) is 71.5 cm³/mol. The number of amides is 2. The maximum Gasteiger partial charge on any atom is 0.404 e. The van der Waals surface area contributed by atoms with Crippen LogP contribution in [-0.2, 0) is 9.59 Å². The fourth-order valence-electron chi connectivity index (χ4n) is 2.41. The van der Waals surface area contributed by atoms with Crippen LogP contribution in [0.5, 0.6) is 0 Å². The standard InChI is InChI=1S/C13H22F3N3O2/c1-4-19(7-10(20)18-9(2)3)11(21)12(13(14,15)16)5-6-17-8-12/h9,17H,4-8H2,1-3H3,(H,18,20). The zero-order valence-corrected chi connectivity index (χ0v) is 12.5. The second-order valence-electron chi connectivity index (χ2n) is 5.55. The number of alkyl halides is 3. The molecule has 1 atom stereocenters. The molecule has 1 rings (SSSR count). The van der Waals surface area contributed by atoms with E-state index in [9.17, 15) is 22.8 Å². The lowest BCUT2D eigenvalue weighted by atomic mass is 9.84. The summed E-state index contributed by atoms with van der Waals surface area (Å²) < 4.78 is 40.0. The van der Waals surface area contributed by atoms with Gasteiger partial charge >= 0.3 is 6.18 Å². The first-order valence-electron chi connectivity index (χ1n) is 7.00. The molecular formula is C13H22F3N3O2. The van der Waals surface area contributed by atoms with Crippen molar-refractivity contribution in [3.8, 4) is 0 Å². The van der Waals surface area contributed by atoms with E-state index >= 15 is 0 Å². The van der Waals surface area contributed by atoms with Crippen LogP contribution in [0.25, 0.3) is 0 Å². The third kappa shape index (κ3) is 3.87. The van der Waals surface area contributed by atoms with Gasteiger partial charge in [-0.3, -0.25) is 9.59 Å². The SMILES string of the molecule is CCN(CC(=O)NC(C)C)C(=O)C1(C(F)(F)F)CCNC1. The third-order valence-corrected chi connectivity index (χ3v) is 3.56. The van der Waals surface area contributed by atoms with Gasteiger partial charge in [0, 0.05) is 19.1 Å². The van der Waals surface area contributed by atoms with Gasteiger partial charge in [0.25, 0.3) is 0 Å². The number of hydrogen-bond acceptors (Lipinski definition) is 3. The number of halogens is 3. The highest BCUT2D eigenvalue weighted by Gasteiger charge is 2.62. The van der Waals surface area contributed by atoms with Crippen LogP contribution in [0, 0.1) is 5.41 Å². The summed E-state index contributed by atoms with van der Waals surface area (Å²) in [6, 6.07) is -0.129. The molecule has 0 spiro atoms. The molecular weight excluding hydrogens is 287 g/mol. The van der Waals surface area contributed by atoms with Gasteiger partial charge in [-0.2, -0.15) is 13.2 Å². The second-order valence-corrected chi connectivity index (χ2v) is 5.55. The molecule has 1 unspecified atom stereocenters. The Balaban J connectivity index is 2.88. The molecule has 21 heavy (non-hydrogen) atoms. The van der Waals surface area contributed by atoms with Crippen LogP contribution in [0.15, 0.2) is 0 Å². The largest absolute Gasteiger partial charge is 0.404 e. The normalized spacial score (nSPS) is 22.4. The Labute approximate surface area is 122 Å². The molecule has 0 aromatic heterocycles. The molecule has 0 aromatic carbocycles. The smallest absolute Gasteiger partial charge is 0.352 e. The fraction of sp³-hybridized carbons (Fsp3) is 0.846. The summed E-state index contributed by atoms with van der Waals surface area (Å²) in [5.74, 6) is -1.48. The number of nitrogens with zero attached hydrogens (tertiary/aromatic N) is 1. The summed E-state index contributed by atoms with van der Waals surface area (Å²) >= 11 is 0. The minimum atomic E-state index is -4.63. The Morgan fingerprint density at radius 1 is 1.38 bits per heavy atom. The molecule has 5 nitrogen and oxygen atoms in total. The highest BCUT2D eigenvalue weighted by atomic mass is 19.4. The second kappa shape index (κ2) is 6.64. The van der Waals surface area contributed by atoms with E-state index in [4.69, 9.17) is 0 Å². The van der Waals surface area contributed by atoms with E-state index < -0.39 is 30.0 Å². The molecule has 1 aliphatic rings. The Hall–Kier alpha value is -1.31. The van der Waals surface area contributed by atoms with Crippen molar-refractivity contribution >= 4 is 11.8 Å². The Kier molecular flexibility index (Phi) is 5.61. The lowest BCUT2D eigenvalue weighted by Gasteiger charge is -2.34. The van der Waals surface area contributed by atoms with Crippen molar-refractivity contribution in [1.29, 1.82) is 0 Å². The monoisotopic (exact) mass is 309 g/mol. The minimum absolute atomic E-state index is 0.0577. The molecule has 1 saturated heterocycles. The summed E-state index contributed by atoms with van der Waals surface area (Å²) in [6.45, 7) is 4.46. The van der Waals surface area contributed by atoms with E-state index in [2.05, 4.69) is 10.6 Å². The van der Waals surface area contributed by atoms with Gasteiger partial charge in [-0.1, -0.05) is 0 Å². The fourth-order valence-corrected chi connectivity index (χ4v) is 2.41. The lowest BCUT2D eigenvalue weighted by molar-refractivity contribution is -0.221. The predicted octanol–water partition coefficient (Wildman–Crippen LogP) is 0.901. The summed E-state index contributed by atoms with van der Waals surface area (Å²) in [6.07, 6.45) is -4.92. The zero-order chi connectivity index (χ0) is 16.3. The van der Waals surface area contributed by atoms with E-state index in [1.807, 2.05) is 0 Å². The van der Waals surface area contributed by atoms with Gasteiger partial charge < -0.3 is 15.5 Å². The van der Waals surface area contributed by atoms with Crippen LogP contribution in [0.1, 0.15) is 27.2 Å². The van der Waals surface area contributed by atoms with Crippen molar-refractivity contribution in [1.82, 2.24) is 15.5 Å². The first-order valence-corrected chi connectivity index (χ1v) is 7.00. The molecule has 2 N–H and O–H groups in total. The topological polar surface area (TPSA) is 61.4 Å². The number of rotatable bonds is 5. The minimum Gasteiger partial charge on any atom is -0.352 e. The van der Waals surface area contributed by atoms with Gasteiger partial charge in [0.15, 0.2) is 5.41 Å². The molecule has 1 fully saturated rings. The summed E-state index contributed by atoms with van der Waals surface area (Å²) in [4.78, 5) is 25.0. The van der Waals surface area contributed by atoms with Gasteiger partial charge in [0.2, 0.25) is 11.8 Å². The zero-order valence-electron chi connectivity index (χ0n) is 12.5. The molecule has 0 aromatic rings. The summed E-state index contributed by atoms with van der Waals surface area (Å²) in [7, 11) is 0. The summed E-state index contributed by atoms with van der Waals surface area (Å²) in [5, 5.41) is 5.17. The van der Waals surface area contributed by atoms with Gasteiger partial charge in [0.1, 0.15) is 0 Å². The first-order chi connectivity index (χ1) is 9.64. The van der Waals surface area contributed by atoms with Crippen molar-refractivity contribution in [2.45, 2.75) is 39.4 Å². The van der Waals surface area contributed by atoms with Gasteiger partial charge in [-0.05, 0) is 33.7 Å². The average molecular weight is 309 g/mol. The highest BCUT2D eigenvalue weighted by Crippen LogP contribution is 2.44. The van der Waals surface area contributed by atoms with E-state index in [0.29, 0.717) is 0 Å². The number of hydrogen-bond donors (Lipinski definition) is 2. The molecule has 0 saturated carbocycles. The quantitative estimate of drug-likeness (QED) is 0.793. The molecule has 1 aliphatic heterocycles. The van der Waals surface area contributed by atoms with Crippen LogP contribution >= 0.6 is 0 Å². The first kappa shape index (κ1) is 17.7. The Bertz CT molecular complexity index is 391. The van der Waals surface area contributed by atoms with Crippen molar-refractivity contribution in [2.24, 2.45) is 5.41 Å². The van der Waals surface area contributed by atoms with Crippen molar-refractivity contribution < 1.29 is 22.8 Å². The highest BCUT2D eigenvalue weighted by molar-refractivity contribution is 5.89. The number of nitrogens with one attached hydrogen (secondary N) is 2. The van der Waals surface area contributed by atoms with Gasteiger partial charge in [-0.15, -0.1) is 0 Å².